The summed E-state index contributed by atoms with van der Waals surface area (Å²) in [5.41, 5.74) is -1.86. The molecule has 1 N–H and O–H groups in total. The number of aliphatic hydroxyl groups excluding tert-OH is 1. The van der Waals surface area contributed by atoms with Crippen LogP contribution in [0.2, 0.25) is 0 Å². The highest BCUT2D eigenvalue weighted by Gasteiger charge is 2.40. The van der Waals surface area contributed by atoms with Gasteiger partial charge in [0.25, 0.3) is 0 Å². The third-order valence-corrected chi connectivity index (χ3v) is 12.2. The van der Waals surface area contributed by atoms with E-state index in [2.05, 4.69) is 0 Å². The van der Waals surface area contributed by atoms with Crippen molar-refractivity contribution in [3.05, 3.63) is 96.1 Å². The van der Waals surface area contributed by atoms with Crippen molar-refractivity contribution in [1.82, 2.24) is 0 Å². The molecule has 0 aliphatic heterocycles. The van der Waals surface area contributed by atoms with Crippen LogP contribution in [0, 0.1) is 17.8 Å². The van der Waals surface area contributed by atoms with E-state index in [0.717, 1.165) is 43.5 Å². The van der Waals surface area contributed by atoms with Crippen molar-refractivity contribution in [3.8, 4) is 22.1 Å². The zero-order valence-corrected chi connectivity index (χ0v) is 27.4. The zero-order chi connectivity index (χ0) is 35.2. The van der Waals surface area contributed by atoms with E-state index in [0.29, 0.717) is 50.0 Å². The van der Waals surface area contributed by atoms with Crippen molar-refractivity contribution in [1.29, 1.82) is 0 Å². The number of fused-ring (bicyclic) bond motifs is 4. The molecule has 262 valence electrons. The molecule has 0 saturated heterocycles. The number of aliphatic hydroxyl groups is 1. The molecule has 1 aromatic heterocycles. The van der Waals surface area contributed by atoms with Gasteiger partial charge in [-0.05, 0) is 116 Å². The third kappa shape index (κ3) is 7.14. The first-order chi connectivity index (χ1) is 23.8. The molecule has 0 bridgehead atoms. The predicted molar refractivity (Wildman–Crippen MR) is 178 cm³/mol. The van der Waals surface area contributed by atoms with Gasteiger partial charge in [0, 0.05) is 33.4 Å². The Balaban J connectivity index is 1.02. The monoisotopic (exact) mass is 715 g/mol. The smallest absolute Gasteiger partial charge is 0.457 e. The van der Waals surface area contributed by atoms with E-state index in [1.54, 1.807) is 48.5 Å². The lowest BCUT2D eigenvalue weighted by atomic mass is 9.71. The van der Waals surface area contributed by atoms with Crippen LogP contribution in [0.1, 0.15) is 49.7 Å². The summed E-state index contributed by atoms with van der Waals surface area (Å²) in [6.45, 7) is 0.221. The Morgan fingerprint density at radius 3 is 1.88 bits per heavy atom. The van der Waals surface area contributed by atoms with Gasteiger partial charge in [0.15, 0.2) is 14.3 Å². The number of halogens is 6. The SMILES string of the molecule is O=C(OCCC1CC(O)CC2CCCC21)Oc1ccc(Oc2ccc(-[s+]3c4ccc(C(F)(F)F)cc4c4cc(C(F)(F)F)ccc43)cc2)cc1. The van der Waals surface area contributed by atoms with Crippen molar-refractivity contribution < 1.29 is 50.5 Å². The van der Waals surface area contributed by atoms with Crippen LogP contribution in [0.25, 0.3) is 25.1 Å². The molecule has 0 radical (unpaired) electrons. The molecule has 2 fully saturated rings. The van der Waals surface area contributed by atoms with Crippen LogP contribution in [-0.2, 0) is 17.1 Å². The van der Waals surface area contributed by atoms with E-state index in [4.69, 9.17) is 14.2 Å². The van der Waals surface area contributed by atoms with E-state index in [-0.39, 0.29) is 29.2 Å². The second kappa shape index (κ2) is 13.4. The maximum Gasteiger partial charge on any atom is 0.513 e. The summed E-state index contributed by atoms with van der Waals surface area (Å²) in [7, 11) is -0.943. The molecule has 2 aliphatic rings. The highest BCUT2D eigenvalue weighted by molar-refractivity contribution is 7.50. The summed E-state index contributed by atoms with van der Waals surface area (Å²) in [5, 5.41) is 10.5. The number of ether oxygens (including phenoxy) is 3. The van der Waals surface area contributed by atoms with Gasteiger partial charge in [0.2, 0.25) is 0 Å². The van der Waals surface area contributed by atoms with Crippen LogP contribution in [-0.4, -0.2) is 24.0 Å². The summed E-state index contributed by atoms with van der Waals surface area (Å²) >= 11 is 0. The fraction of sp³-hybridized carbons (Fsp3) is 0.342. The van der Waals surface area contributed by atoms with Crippen LogP contribution >= 0.6 is 10.5 Å². The molecule has 7 rings (SSSR count). The fourth-order valence-corrected chi connectivity index (χ4v) is 9.96. The quantitative estimate of drug-likeness (QED) is 0.0786. The lowest BCUT2D eigenvalue weighted by molar-refractivity contribution is -0.138. The number of hydrogen-bond acceptors (Lipinski definition) is 5. The summed E-state index contributed by atoms with van der Waals surface area (Å²) in [5.74, 6) is 2.65. The number of benzene rings is 4. The van der Waals surface area contributed by atoms with Crippen molar-refractivity contribution in [2.45, 2.75) is 57.0 Å². The van der Waals surface area contributed by atoms with Gasteiger partial charge < -0.3 is 19.3 Å². The molecule has 4 aromatic carbocycles. The van der Waals surface area contributed by atoms with Gasteiger partial charge in [0.1, 0.15) is 17.2 Å². The van der Waals surface area contributed by atoms with Gasteiger partial charge in [-0.3, -0.25) is 0 Å². The van der Waals surface area contributed by atoms with E-state index in [1.165, 1.54) is 25.0 Å². The molecular formula is C38H33F6O5S+. The minimum atomic E-state index is -4.65. The molecule has 12 heteroatoms. The number of thiophene rings is 1. The average molecular weight is 716 g/mol. The molecule has 5 aromatic rings. The van der Waals surface area contributed by atoms with Crippen LogP contribution in [0.15, 0.2) is 84.9 Å². The Bertz CT molecular complexity index is 1930. The Labute approximate surface area is 286 Å². The standard InChI is InChI=1S/C38H33F6O5S/c39-37(40,41)24-4-14-34-32(20-24)33-21-25(38(42,43)44)5-15-35(33)50(34)30-12-10-28(11-13-30)48-27-6-8-29(9-7-27)49-36(46)47-17-16-23-19-26(45)18-22-2-1-3-31(22)23/h4-15,20-23,26,31,45H,1-3,16-19H2/q+1. The first-order valence-corrected chi connectivity index (χ1v) is 17.6. The second-order valence-electron chi connectivity index (χ2n) is 13.0. The van der Waals surface area contributed by atoms with Gasteiger partial charge in [-0.2, -0.15) is 26.3 Å². The van der Waals surface area contributed by atoms with Crippen LogP contribution in [0.4, 0.5) is 31.1 Å². The molecule has 2 saturated carbocycles. The molecule has 4 unspecified atom stereocenters. The normalized spacial score (nSPS) is 20.9. The van der Waals surface area contributed by atoms with Crippen molar-refractivity contribution in [2.75, 3.05) is 6.61 Å². The first-order valence-electron chi connectivity index (χ1n) is 16.4. The van der Waals surface area contributed by atoms with E-state index in [9.17, 15) is 36.2 Å². The highest BCUT2D eigenvalue weighted by Crippen LogP contribution is 2.51. The largest absolute Gasteiger partial charge is 0.513 e. The van der Waals surface area contributed by atoms with Crippen LogP contribution in [0.3, 0.4) is 0 Å². The Kier molecular flexibility index (Phi) is 9.19. The molecule has 2 aliphatic carbocycles. The number of rotatable bonds is 7. The predicted octanol–water partition coefficient (Wildman–Crippen LogP) is 11.7. The first kappa shape index (κ1) is 34.2. The minimum Gasteiger partial charge on any atom is -0.457 e. The Hall–Kier alpha value is -4.29. The van der Waals surface area contributed by atoms with Crippen molar-refractivity contribution in [3.63, 3.8) is 0 Å². The van der Waals surface area contributed by atoms with Gasteiger partial charge in [-0.15, -0.1) is 0 Å². The third-order valence-electron chi connectivity index (χ3n) is 9.85. The van der Waals surface area contributed by atoms with Gasteiger partial charge in [0.05, 0.1) is 23.8 Å². The lowest BCUT2D eigenvalue weighted by Crippen LogP contribution is -2.33. The summed E-state index contributed by atoms with van der Waals surface area (Å²) in [6, 6.07) is 19.6. The second-order valence-corrected chi connectivity index (χ2v) is 15.0. The van der Waals surface area contributed by atoms with Crippen LogP contribution in [0.5, 0.6) is 17.2 Å². The minimum absolute atomic E-state index is 0.127. The molecule has 0 amide bonds. The molecular weight excluding hydrogens is 682 g/mol. The molecule has 5 nitrogen and oxygen atoms in total. The van der Waals surface area contributed by atoms with Crippen molar-refractivity contribution in [2.24, 2.45) is 17.8 Å². The number of alkyl halides is 6. The number of carbonyl (C=O) groups is 1. The molecule has 4 atom stereocenters. The zero-order valence-electron chi connectivity index (χ0n) is 26.6. The topological polar surface area (TPSA) is 65.0 Å². The Morgan fingerprint density at radius 2 is 1.30 bits per heavy atom. The summed E-state index contributed by atoms with van der Waals surface area (Å²) in [6.07, 6.45) is -4.58. The molecule has 0 spiro atoms. The van der Waals surface area contributed by atoms with Crippen molar-refractivity contribution >= 4 is 36.8 Å². The van der Waals surface area contributed by atoms with Gasteiger partial charge >= 0.3 is 18.5 Å². The lowest BCUT2D eigenvalue weighted by Gasteiger charge is -2.36. The average Bonchev–Trinajstić information content (AvgIpc) is 3.67. The van der Waals surface area contributed by atoms with E-state index in [1.807, 2.05) is 0 Å². The van der Waals surface area contributed by atoms with E-state index < -0.39 is 40.1 Å². The maximum atomic E-state index is 13.5. The maximum absolute atomic E-state index is 13.5. The molecule has 50 heavy (non-hydrogen) atoms. The van der Waals surface area contributed by atoms with Gasteiger partial charge in [-0.1, -0.05) is 12.8 Å². The Morgan fingerprint density at radius 1 is 0.740 bits per heavy atom. The highest BCUT2D eigenvalue weighted by atomic mass is 32.2. The van der Waals surface area contributed by atoms with E-state index >= 15 is 0 Å². The number of hydrogen-bond donors (Lipinski definition) is 1. The summed E-state index contributed by atoms with van der Waals surface area (Å²) in [4.78, 5) is 13.0. The summed E-state index contributed by atoms with van der Waals surface area (Å²) < 4.78 is 98.8. The molecule has 1 heterocycles. The fourth-order valence-electron chi connectivity index (χ4n) is 7.62. The number of carbonyl (C=O) groups excluding carboxylic acids is 1. The van der Waals surface area contributed by atoms with Gasteiger partial charge in [-0.25, -0.2) is 4.79 Å². The van der Waals surface area contributed by atoms with Crippen LogP contribution < -0.4 is 9.47 Å².